The Hall–Kier alpha value is -2.95. The summed E-state index contributed by atoms with van der Waals surface area (Å²) in [5.41, 5.74) is 5.22. The van der Waals surface area contributed by atoms with Crippen molar-refractivity contribution >= 4 is 34.9 Å². The molecule has 1 amide bonds. The Balaban J connectivity index is 0.00000625. The van der Waals surface area contributed by atoms with Crippen molar-refractivity contribution in [1.29, 1.82) is 0 Å². The fourth-order valence-corrected chi connectivity index (χ4v) is 2.17. The number of nitrogens with one attached hydrogen (secondary N) is 2. The zero-order valence-electron chi connectivity index (χ0n) is 15.0. The Morgan fingerprint density at radius 3 is 2.58 bits per heavy atom. The molecule has 1 aromatic heterocycles. The molecule has 0 aliphatic carbocycles. The standard InChI is InChI=1S/C15H23N5O5.H2O/c1-4-6-7-10(9(3)21)17-11-8-12(19-15(22)25-5-2)18-14(16)13(11)20(23)24;/h8,10H,4-7H2,1-3H3,(H4,16,17,18,19,22);1H2. The largest absolute Gasteiger partial charge is 0.450 e. The number of Topliss-reactive ketones (excluding diaryl/α,β-unsaturated/α-hetero) is 1. The maximum atomic E-state index is 11.8. The van der Waals surface area contributed by atoms with Gasteiger partial charge in [-0.05, 0) is 20.3 Å². The predicted octanol–water partition coefficient (Wildman–Crippen LogP) is 1.88. The summed E-state index contributed by atoms with van der Waals surface area (Å²) < 4.78 is 4.74. The third kappa shape index (κ3) is 6.51. The van der Waals surface area contributed by atoms with E-state index in [0.717, 1.165) is 12.8 Å². The van der Waals surface area contributed by atoms with Gasteiger partial charge in [-0.3, -0.25) is 20.2 Å². The number of nitrogen functional groups attached to an aromatic ring is 1. The lowest BCUT2D eigenvalue weighted by atomic mass is 10.1. The molecule has 1 aromatic rings. The molecular weight excluding hydrogens is 346 g/mol. The van der Waals surface area contributed by atoms with Gasteiger partial charge in [-0.1, -0.05) is 19.8 Å². The van der Waals surface area contributed by atoms with Crippen LogP contribution in [0, 0.1) is 10.1 Å². The van der Waals surface area contributed by atoms with Crippen LogP contribution in [-0.4, -0.2) is 39.9 Å². The number of hydrogen-bond donors (Lipinski definition) is 3. The molecule has 0 aliphatic rings. The molecule has 1 unspecified atom stereocenters. The lowest BCUT2D eigenvalue weighted by Crippen LogP contribution is -2.28. The number of ketones is 1. The zero-order valence-corrected chi connectivity index (χ0v) is 15.0. The van der Waals surface area contributed by atoms with E-state index < -0.39 is 22.7 Å². The molecule has 11 nitrogen and oxygen atoms in total. The first-order chi connectivity index (χ1) is 11.8. The number of unbranched alkanes of at least 4 members (excludes halogenated alkanes) is 1. The molecule has 0 aliphatic heterocycles. The Morgan fingerprint density at radius 2 is 2.08 bits per heavy atom. The third-order valence-corrected chi connectivity index (χ3v) is 3.37. The highest BCUT2D eigenvalue weighted by atomic mass is 16.6. The van der Waals surface area contributed by atoms with E-state index in [4.69, 9.17) is 10.5 Å². The number of nitrogens with two attached hydrogens (primary N) is 1. The summed E-state index contributed by atoms with van der Waals surface area (Å²) in [5.74, 6) is -0.542. The van der Waals surface area contributed by atoms with Crippen LogP contribution < -0.4 is 16.4 Å². The van der Waals surface area contributed by atoms with Gasteiger partial charge in [0, 0.05) is 6.07 Å². The van der Waals surface area contributed by atoms with Crippen LogP contribution in [0.5, 0.6) is 0 Å². The van der Waals surface area contributed by atoms with Crippen LogP contribution in [0.4, 0.5) is 27.8 Å². The number of anilines is 3. The summed E-state index contributed by atoms with van der Waals surface area (Å²) in [4.78, 5) is 37.7. The number of ether oxygens (including phenoxy) is 1. The van der Waals surface area contributed by atoms with E-state index in [9.17, 15) is 19.7 Å². The fourth-order valence-electron chi connectivity index (χ4n) is 2.17. The number of carbonyl (C=O) groups is 2. The van der Waals surface area contributed by atoms with Gasteiger partial charge in [0.2, 0.25) is 5.82 Å². The van der Waals surface area contributed by atoms with Gasteiger partial charge >= 0.3 is 11.8 Å². The van der Waals surface area contributed by atoms with Gasteiger partial charge in [-0.15, -0.1) is 0 Å². The Bertz CT molecular complexity index is 652. The van der Waals surface area contributed by atoms with Crippen molar-refractivity contribution in [3.8, 4) is 0 Å². The number of aromatic nitrogens is 1. The van der Waals surface area contributed by atoms with Crippen molar-refractivity contribution in [3.63, 3.8) is 0 Å². The number of pyridine rings is 1. The summed E-state index contributed by atoms with van der Waals surface area (Å²) >= 11 is 0. The van der Waals surface area contributed by atoms with Gasteiger partial charge in [0.15, 0.2) is 5.78 Å². The highest BCUT2D eigenvalue weighted by molar-refractivity contribution is 5.89. The van der Waals surface area contributed by atoms with E-state index in [1.807, 2.05) is 6.92 Å². The fraction of sp³-hybridized carbons (Fsp3) is 0.533. The van der Waals surface area contributed by atoms with E-state index in [2.05, 4.69) is 15.6 Å². The second-order valence-electron chi connectivity index (χ2n) is 5.34. The van der Waals surface area contributed by atoms with E-state index in [-0.39, 0.29) is 35.2 Å². The number of hydrogen-bond acceptors (Lipinski definition) is 8. The van der Waals surface area contributed by atoms with Gasteiger partial charge < -0.3 is 21.3 Å². The van der Waals surface area contributed by atoms with Crippen molar-refractivity contribution in [2.24, 2.45) is 0 Å². The van der Waals surface area contributed by atoms with Crippen molar-refractivity contribution in [2.45, 2.75) is 46.1 Å². The van der Waals surface area contributed by atoms with Crippen molar-refractivity contribution in [1.82, 2.24) is 4.98 Å². The summed E-state index contributed by atoms with van der Waals surface area (Å²) in [7, 11) is 0. The topological polar surface area (TPSA) is 181 Å². The summed E-state index contributed by atoms with van der Waals surface area (Å²) in [6.45, 7) is 5.17. The second-order valence-corrected chi connectivity index (χ2v) is 5.34. The van der Waals surface area contributed by atoms with Gasteiger partial charge in [0.1, 0.15) is 11.5 Å². The maximum Gasteiger partial charge on any atom is 0.412 e. The smallest absolute Gasteiger partial charge is 0.412 e. The van der Waals surface area contributed by atoms with E-state index in [1.54, 1.807) is 6.92 Å². The highest BCUT2D eigenvalue weighted by Crippen LogP contribution is 2.33. The highest BCUT2D eigenvalue weighted by Gasteiger charge is 2.25. The molecule has 146 valence electrons. The minimum Gasteiger partial charge on any atom is -0.450 e. The molecule has 1 rings (SSSR count). The predicted molar refractivity (Wildman–Crippen MR) is 97.2 cm³/mol. The Morgan fingerprint density at radius 1 is 1.42 bits per heavy atom. The van der Waals surface area contributed by atoms with Gasteiger partial charge in [0.25, 0.3) is 0 Å². The molecular formula is C15H25N5O6. The first kappa shape index (κ1) is 23.1. The van der Waals surface area contributed by atoms with Crippen molar-refractivity contribution in [3.05, 3.63) is 16.2 Å². The maximum absolute atomic E-state index is 11.8. The molecule has 6 N–H and O–H groups in total. The molecule has 0 fully saturated rings. The average Bonchev–Trinajstić information content (AvgIpc) is 2.50. The Kier molecular flexibility index (Phi) is 9.59. The molecule has 0 spiro atoms. The van der Waals surface area contributed by atoms with Crippen LogP contribution in [0.3, 0.4) is 0 Å². The van der Waals surface area contributed by atoms with Crippen LogP contribution in [0.2, 0.25) is 0 Å². The van der Waals surface area contributed by atoms with E-state index >= 15 is 0 Å². The number of nitrogens with zero attached hydrogens (tertiary/aromatic N) is 2. The Labute approximate surface area is 150 Å². The summed E-state index contributed by atoms with van der Waals surface area (Å²) in [6, 6.07) is 0.656. The van der Waals surface area contributed by atoms with Gasteiger partial charge in [-0.2, -0.15) is 0 Å². The SMILES string of the molecule is CCCCC(Nc1cc(NC(=O)OCC)nc(N)c1[N+](=O)[O-])C(C)=O.O. The van der Waals surface area contributed by atoms with Crippen molar-refractivity contribution in [2.75, 3.05) is 23.0 Å². The molecule has 1 heterocycles. The first-order valence-electron chi connectivity index (χ1n) is 7.95. The second kappa shape index (κ2) is 10.8. The molecule has 1 atom stereocenters. The van der Waals surface area contributed by atoms with Crippen LogP contribution in [0.1, 0.15) is 40.0 Å². The van der Waals surface area contributed by atoms with E-state index in [1.165, 1.54) is 13.0 Å². The summed E-state index contributed by atoms with van der Waals surface area (Å²) in [6.07, 6.45) is 1.41. The lowest BCUT2D eigenvalue weighted by molar-refractivity contribution is -0.383. The molecule has 0 saturated heterocycles. The average molecular weight is 371 g/mol. The lowest BCUT2D eigenvalue weighted by Gasteiger charge is -2.18. The van der Waals surface area contributed by atoms with Crippen LogP contribution in [0.15, 0.2) is 6.07 Å². The van der Waals surface area contributed by atoms with E-state index in [0.29, 0.717) is 6.42 Å². The third-order valence-electron chi connectivity index (χ3n) is 3.37. The molecule has 26 heavy (non-hydrogen) atoms. The monoisotopic (exact) mass is 371 g/mol. The van der Waals surface area contributed by atoms with Crippen LogP contribution >= 0.6 is 0 Å². The first-order valence-corrected chi connectivity index (χ1v) is 7.95. The minimum atomic E-state index is -0.761. The van der Waals surface area contributed by atoms with Crippen molar-refractivity contribution < 1.29 is 24.7 Å². The molecule has 0 aromatic carbocycles. The number of rotatable bonds is 9. The van der Waals surface area contributed by atoms with Crippen LogP contribution in [0.25, 0.3) is 0 Å². The van der Waals surface area contributed by atoms with Gasteiger partial charge in [0.05, 0.1) is 17.6 Å². The normalized spacial score (nSPS) is 11.0. The number of carbonyl (C=O) groups excluding carboxylic acids is 2. The molecule has 0 radical (unpaired) electrons. The van der Waals surface area contributed by atoms with Gasteiger partial charge in [-0.25, -0.2) is 9.78 Å². The number of nitro groups is 1. The molecule has 0 bridgehead atoms. The zero-order chi connectivity index (χ0) is 19.0. The van der Waals surface area contributed by atoms with Crippen LogP contribution in [-0.2, 0) is 9.53 Å². The molecule has 11 heteroatoms. The number of amides is 1. The summed E-state index contributed by atoms with van der Waals surface area (Å²) in [5, 5.41) is 16.5. The molecule has 0 saturated carbocycles. The quantitative estimate of drug-likeness (QED) is 0.434. The minimum absolute atomic E-state index is 0.